The SMILES string of the molecule is CN(C)CCOc1c(Cl)cc(Br)cc1S(N)(=O)=O. The molecular formula is C10H14BrClN2O3S. The minimum atomic E-state index is -3.88. The topological polar surface area (TPSA) is 72.6 Å². The molecule has 0 bridgehead atoms. The highest BCUT2D eigenvalue weighted by molar-refractivity contribution is 9.10. The van der Waals surface area contributed by atoms with Crippen molar-refractivity contribution in [3.8, 4) is 5.75 Å². The second-order valence-electron chi connectivity index (χ2n) is 3.91. The Bertz CT molecular complexity index is 534. The summed E-state index contributed by atoms with van der Waals surface area (Å²) in [5.41, 5.74) is 0. The van der Waals surface area contributed by atoms with E-state index in [2.05, 4.69) is 15.9 Å². The van der Waals surface area contributed by atoms with Crippen molar-refractivity contribution in [2.45, 2.75) is 4.90 Å². The van der Waals surface area contributed by atoms with E-state index in [1.165, 1.54) is 6.07 Å². The average molecular weight is 358 g/mol. The normalized spacial score (nSPS) is 11.9. The van der Waals surface area contributed by atoms with E-state index in [1.54, 1.807) is 6.07 Å². The van der Waals surface area contributed by atoms with Gasteiger partial charge in [0.1, 0.15) is 11.5 Å². The summed E-state index contributed by atoms with van der Waals surface area (Å²) in [4.78, 5) is 1.78. The van der Waals surface area contributed by atoms with Gasteiger partial charge in [0.15, 0.2) is 5.75 Å². The monoisotopic (exact) mass is 356 g/mol. The highest BCUT2D eigenvalue weighted by Gasteiger charge is 2.19. The number of halogens is 2. The zero-order valence-electron chi connectivity index (χ0n) is 9.98. The number of ether oxygens (including phenoxy) is 1. The van der Waals surface area contributed by atoms with E-state index < -0.39 is 10.0 Å². The molecule has 0 saturated carbocycles. The van der Waals surface area contributed by atoms with Crippen LogP contribution in [-0.2, 0) is 10.0 Å². The number of nitrogens with zero attached hydrogens (tertiary/aromatic N) is 1. The van der Waals surface area contributed by atoms with Gasteiger partial charge in [-0.2, -0.15) is 0 Å². The lowest BCUT2D eigenvalue weighted by atomic mass is 10.3. The van der Waals surface area contributed by atoms with Crippen molar-refractivity contribution in [3.63, 3.8) is 0 Å². The molecule has 0 unspecified atom stereocenters. The van der Waals surface area contributed by atoms with Crippen LogP contribution in [0.5, 0.6) is 5.75 Å². The summed E-state index contributed by atoms with van der Waals surface area (Å²) >= 11 is 9.13. The minimum Gasteiger partial charge on any atom is -0.489 e. The Kier molecular flexibility index (Phi) is 5.42. The lowest BCUT2D eigenvalue weighted by Gasteiger charge is -2.14. The number of benzene rings is 1. The van der Waals surface area contributed by atoms with Crippen molar-refractivity contribution < 1.29 is 13.2 Å². The van der Waals surface area contributed by atoms with Crippen LogP contribution in [0.1, 0.15) is 0 Å². The van der Waals surface area contributed by atoms with Crippen LogP contribution in [0, 0.1) is 0 Å². The van der Waals surface area contributed by atoms with E-state index >= 15 is 0 Å². The molecule has 0 heterocycles. The Morgan fingerprint density at radius 3 is 2.56 bits per heavy atom. The molecule has 0 amide bonds. The maximum atomic E-state index is 11.5. The summed E-state index contributed by atoms with van der Waals surface area (Å²) in [5.74, 6) is 0.0872. The van der Waals surface area contributed by atoms with E-state index in [-0.39, 0.29) is 15.7 Å². The number of likely N-dealkylation sites (N-methyl/N-ethyl adjacent to an activating group) is 1. The predicted molar refractivity (Wildman–Crippen MR) is 74.6 cm³/mol. The van der Waals surface area contributed by atoms with E-state index in [4.69, 9.17) is 21.5 Å². The second-order valence-corrected chi connectivity index (χ2v) is 6.76. The molecule has 1 aromatic rings. The van der Waals surface area contributed by atoms with Crippen LogP contribution in [-0.4, -0.2) is 40.6 Å². The molecule has 0 spiro atoms. The van der Waals surface area contributed by atoms with Gasteiger partial charge in [0.25, 0.3) is 0 Å². The van der Waals surface area contributed by atoms with Crippen molar-refractivity contribution in [1.82, 2.24) is 4.90 Å². The van der Waals surface area contributed by atoms with E-state index in [1.807, 2.05) is 19.0 Å². The van der Waals surface area contributed by atoms with Crippen LogP contribution in [0.25, 0.3) is 0 Å². The molecule has 8 heteroatoms. The summed E-state index contributed by atoms with van der Waals surface area (Å²) in [5, 5.41) is 5.33. The predicted octanol–water partition coefficient (Wildman–Crippen LogP) is 1.69. The number of hydrogen-bond acceptors (Lipinski definition) is 4. The molecule has 0 fully saturated rings. The molecule has 0 aliphatic heterocycles. The number of nitrogens with two attached hydrogens (primary N) is 1. The van der Waals surface area contributed by atoms with Crippen molar-refractivity contribution in [2.24, 2.45) is 5.14 Å². The smallest absolute Gasteiger partial charge is 0.241 e. The molecule has 2 N–H and O–H groups in total. The van der Waals surface area contributed by atoms with Crippen molar-refractivity contribution in [3.05, 3.63) is 21.6 Å². The maximum absolute atomic E-state index is 11.5. The lowest BCUT2D eigenvalue weighted by molar-refractivity contribution is 0.256. The zero-order chi connectivity index (χ0) is 13.9. The van der Waals surface area contributed by atoms with Crippen LogP contribution < -0.4 is 9.88 Å². The van der Waals surface area contributed by atoms with E-state index in [0.29, 0.717) is 17.6 Å². The van der Waals surface area contributed by atoms with Crippen LogP contribution in [0.3, 0.4) is 0 Å². The van der Waals surface area contributed by atoms with Crippen LogP contribution in [0.15, 0.2) is 21.5 Å². The molecule has 0 aliphatic carbocycles. The highest BCUT2D eigenvalue weighted by Crippen LogP contribution is 2.34. The van der Waals surface area contributed by atoms with Gasteiger partial charge in [0.05, 0.1) is 5.02 Å². The van der Waals surface area contributed by atoms with Crippen LogP contribution >= 0.6 is 27.5 Å². The standard InChI is InChI=1S/C10H14BrClN2O3S/c1-14(2)3-4-17-10-8(12)5-7(11)6-9(10)18(13,15)16/h5-6H,3-4H2,1-2H3,(H2,13,15,16). The molecule has 0 atom stereocenters. The summed E-state index contributed by atoms with van der Waals surface area (Å²) in [6.07, 6.45) is 0. The first-order valence-electron chi connectivity index (χ1n) is 5.01. The number of primary sulfonamides is 1. The first-order valence-corrected chi connectivity index (χ1v) is 7.73. The van der Waals surface area contributed by atoms with E-state index in [9.17, 15) is 8.42 Å². The third kappa shape index (κ3) is 4.40. The summed E-state index contributed by atoms with van der Waals surface area (Å²) in [7, 11) is -0.118. The third-order valence-electron chi connectivity index (χ3n) is 2.07. The third-order valence-corrected chi connectivity index (χ3v) is 3.72. The van der Waals surface area contributed by atoms with Crippen molar-refractivity contribution in [2.75, 3.05) is 27.2 Å². The van der Waals surface area contributed by atoms with Crippen molar-refractivity contribution in [1.29, 1.82) is 0 Å². The summed E-state index contributed by atoms with van der Waals surface area (Å²) in [6, 6.07) is 2.92. The summed E-state index contributed by atoms with van der Waals surface area (Å²) in [6.45, 7) is 0.952. The number of sulfonamides is 1. The van der Waals surface area contributed by atoms with E-state index in [0.717, 1.165) is 0 Å². The molecule has 0 aliphatic rings. The Morgan fingerprint density at radius 2 is 2.06 bits per heavy atom. The fourth-order valence-electron chi connectivity index (χ4n) is 1.22. The lowest BCUT2D eigenvalue weighted by Crippen LogP contribution is -2.21. The van der Waals surface area contributed by atoms with Gasteiger partial charge in [-0.3, -0.25) is 0 Å². The van der Waals surface area contributed by atoms with Gasteiger partial charge in [-0.25, -0.2) is 13.6 Å². The van der Waals surface area contributed by atoms with Crippen LogP contribution in [0.2, 0.25) is 5.02 Å². The molecule has 18 heavy (non-hydrogen) atoms. The van der Waals surface area contributed by atoms with Gasteiger partial charge in [0, 0.05) is 11.0 Å². The molecule has 5 nitrogen and oxygen atoms in total. The van der Waals surface area contributed by atoms with Gasteiger partial charge in [-0.1, -0.05) is 27.5 Å². The van der Waals surface area contributed by atoms with Gasteiger partial charge in [-0.05, 0) is 26.2 Å². The van der Waals surface area contributed by atoms with Gasteiger partial charge in [-0.15, -0.1) is 0 Å². The second kappa shape index (κ2) is 6.21. The number of rotatable bonds is 5. The molecule has 0 aromatic heterocycles. The Hall–Kier alpha value is -0.340. The molecule has 0 radical (unpaired) electrons. The fraction of sp³-hybridized carbons (Fsp3) is 0.400. The maximum Gasteiger partial charge on any atom is 0.241 e. The molecule has 1 aromatic carbocycles. The quantitative estimate of drug-likeness (QED) is 0.870. The van der Waals surface area contributed by atoms with Crippen molar-refractivity contribution >= 4 is 37.6 Å². The molecular weight excluding hydrogens is 344 g/mol. The largest absolute Gasteiger partial charge is 0.489 e. The Morgan fingerprint density at radius 1 is 1.44 bits per heavy atom. The molecule has 1 rings (SSSR count). The van der Waals surface area contributed by atoms with Gasteiger partial charge >= 0.3 is 0 Å². The minimum absolute atomic E-state index is 0.0872. The average Bonchev–Trinajstić information content (AvgIpc) is 2.18. The molecule has 0 saturated heterocycles. The van der Waals surface area contributed by atoms with Crippen LogP contribution in [0.4, 0.5) is 0 Å². The Labute approximate surface area is 120 Å². The zero-order valence-corrected chi connectivity index (χ0v) is 13.1. The first kappa shape index (κ1) is 15.7. The Balaban J connectivity index is 3.09. The first-order chi connectivity index (χ1) is 8.21. The van der Waals surface area contributed by atoms with Gasteiger partial charge in [0.2, 0.25) is 10.0 Å². The summed E-state index contributed by atoms with van der Waals surface area (Å²) < 4.78 is 28.9. The highest BCUT2D eigenvalue weighted by atomic mass is 79.9. The number of hydrogen-bond donors (Lipinski definition) is 1. The fourth-order valence-corrected chi connectivity index (χ4v) is 3.01. The molecule has 102 valence electrons. The van der Waals surface area contributed by atoms with Gasteiger partial charge < -0.3 is 9.64 Å².